The Hall–Kier alpha value is -2.34. The van der Waals surface area contributed by atoms with E-state index >= 15 is 0 Å². The number of aliphatic hydroxyl groups is 1. The summed E-state index contributed by atoms with van der Waals surface area (Å²) in [6.07, 6.45) is 1.26. The van der Waals surface area contributed by atoms with Crippen LogP contribution in [0.25, 0.3) is 0 Å². The fourth-order valence-corrected chi connectivity index (χ4v) is 1.61. The Bertz CT molecular complexity index is 568. The molecule has 0 fully saturated rings. The minimum Gasteiger partial charge on any atom is -0.394 e. The molecule has 6 nitrogen and oxygen atoms in total. The number of anilines is 2. The number of hydrogen-bond donors (Lipinski definition) is 4. The molecule has 2 rings (SSSR count). The summed E-state index contributed by atoms with van der Waals surface area (Å²) in [5.41, 5.74) is 6.10. The molecule has 0 bridgehead atoms. The Labute approximate surface area is 104 Å². The second kappa shape index (κ2) is 5.33. The third-order valence-electron chi connectivity index (χ3n) is 2.58. The van der Waals surface area contributed by atoms with Crippen LogP contribution in [0.2, 0.25) is 0 Å². The summed E-state index contributed by atoms with van der Waals surface area (Å²) in [4.78, 5) is 17.6. The van der Waals surface area contributed by atoms with Crippen LogP contribution in [0, 0.1) is 0 Å². The van der Waals surface area contributed by atoms with Gasteiger partial charge in [0, 0.05) is 0 Å². The molecule has 0 saturated heterocycles. The van der Waals surface area contributed by atoms with Crippen molar-refractivity contribution in [3.05, 3.63) is 52.6 Å². The summed E-state index contributed by atoms with van der Waals surface area (Å²) >= 11 is 0. The smallest absolute Gasteiger partial charge is 0.276 e. The first-order chi connectivity index (χ1) is 8.72. The number of nitrogens with two attached hydrogens (primary N) is 1. The summed E-state index contributed by atoms with van der Waals surface area (Å²) in [6.45, 7) is -0.127. The van der Waals surface area contributed by atoms with Crippen LogP contribution in [0.1, 0.15) is 11.6 Å². The molecule has 0 aliphatic rings. The normalized spacial score (nSPS) is 12.1. The van der Waals surface area contributed by atoms with Crippen LogP contribution in [0.4, 0.5) is 11.5 Å². The van der Waals surface area contributed by atoms with E-state index < -0.39 is 5.56 Å². The fourth-order valence-electron chi connectivity index (χ4n) is 1.61. The lowest BCUT2D eigenvalue weighted by Gasteiger charge is -2.17. The van der Waals surface area contributed by atoms with Crippen molar-refractivity contribution in [2.75, 3.05) is 17.7 Å². The van der Waals surface area contributed by atoms with Crippen molar-refractivity contribution in [1.82, 2.24) is 9.97 Å². The van der Waals surface area contributed by atoms with Crippen molar-refractivity contribution in [1.29, 1.82) is 0 Å². The minimum absolute atomic E-state index is 0.00637. The Kier molecular flexibility index (Phi) is 3.59. The first kappa shape index (κ1) is 12.1. The van der Waals surface area contributed by atoms with E-state index in [9.17, 15) is 9.90 Å². The maximum absolute atomic E-state index is 11.3. The van der Waals surface area contributed by atoms with Gasteiger partial charge in [-0.2, -0.15) is 0 Å². The zero-order chi connectivity index (χ0) is 13.0. The van der Waals surface area contributed by atoms with Gasteiger partial charge in [0.25, 0.3) is 5.56 Å². The molecule has 1 aromatic heterocycles. The van der Waals surface area contributed by atoms with Crippen LogP contribution in [-0.2, 0) is 0 Å². The first-order valence-corrected chi connectivity index (χ1v) is 5.48. The molecule has 0 saturated carbocycles. The van der Waals surface area contributed by atoms with Gasteiger partial charge in [0.2, 0.25) is 0 Å². The van der Waals surface area contributed by atoms with Crippen molar-refractivity contribution < 1.29 is 5.11 Å². The predicted molar refractivity (Wildman–Crippen MR) is 69.2 cm³/mol. The maximum Gasteiger partial charge on any atom is 0.276 e. The second-order valence-corrected chi connectivity index (χ2v) is 3.78. The maximum atomic E-state index is 11.3. The number of H-pyrrole nitrogens is 1. The molecule has 0 amide bonds. The van der Waals surface area contributed by atoms with Crippen molar-refractivity contribution in [3.8, 4) is 0 Å². The molecule has 94 valence electrons. The first-order valence-electron chi connectivity index (χ1n) is 5.48. The molecule has 5 N–H and O–H groups in total. The highest BCUT2D eigenvalue weighted by molar-refractivity contribution is 5.59. The average molecular weight is 246 g/mol. The quantitative estimate of drug-likeness (QED) is 0.628. The molecule has 0 radical (unpaired) electrons. The van der Waals surface area contributed by atoms with Crippen LogP contribution in [0.15, 0.2) is 41.5 Å². The molecular weight excluding hydrogens is 232 g/mol. The second-order valence-electron chi connectivity index (χ2n) is 3.78. The van der Waals surface area contributed by atoms with Gasteiger partial charge in [0.1, 0.15) is 5.69 Å². The van der Waals surface area contributed by atoms with Gasteiger partial charge in [0.15, 0.2) is 5.82 Å². The zero-order valence-electron chi connectivity index (χ0n) is 9.63. The fraction of sp³-hybridized carbons (Fsp3) is 0.167. The lowest BCUT2D eigenvalue weighted by molar-refractivity contribution is 0.276. The van der Waals surface area contributed by atoms with Gasteiger partial charge in [-0.1, -0.05) is 30.3 Å². The Morgan fingerprint density at radius 3 is 2.78 bits per heavy atom. The van der Waals surface area contributed by atoms with E-state index in [2.05, 4.69) is 15.3 Å². The number of benzene rings is 1. The summed E-state index contributed by atoms with van der Waals surface area (Å²) in [5.74, 6) is 0.265. The number of aromatic amines is 1. The van der Waals surface area contributed by atoms with Gasteiger partial charge in [-0.15, -0.1) is 0 Å². The number of nitrogens with one attached hydrogen (secondary N) is 2. The van der Waals surface area contributed by atoms with E-state index in [-0.39, 0.29) is 24.2 Å². The molecule has 6 heteroatoms. The van der Waals surface area contributed by atoms with Crippen LogP contribution < -0.4 is 16.6 Å². The summed E-state index contributed by atoms with van der Waals surface area (Å²) in [7, 11) is 0. The Morgan fingerprint density at radius 2 is 2.11 bits per heavy atom. The minimum atomic E-state index is -0.405. The lowest BCUT2D eigenvalue weighted by Crippen LogP contribution is -2.20. The molecule has 2 aromatic rings. The van der Waals surface area contributed by atoms with Crippen molar-refractivity contribution in [3.63, 3.8) is 0 Å². The highest BCUT2D eigenvalue weighted by atomic mass is 16.3. The SMILES string of the molecule is Nc1c(NC(CO)c2ccccc2)nc[nH]c1=O. The number of nitrogens with zero attached hydrogens (tertiary/aromatic N) is 1. The molecule has 0 aliphatic heterocycles. The van der Waals surface area contributed by atoms with Gasteiger partial charge in [-0.25, -0.2) is 4.98 Å². The summed E-state index contributed by atoms with van der Waals surface area (Å²) < 4.78 is 0. The van der Waals surface area contributed by atoms with E-state index in [0.29, 0.717) is 0 Å². The Morgan fingerprint density at radius 1 is 1.39 bits per heavy atom. The largest absolute Gasteiger partial charge is 0.394 e. The lowest BCUT2D eigenvalue weighted by atomic mass is 10.1. The number of aromatic nitrogens is 2. The third kappa shape index (κ3) is 2.49. The number of nitrogen functional groups attached to an aromatic ring is 1. The van der Waals surface area contributed by atoms with Gasteiger partial charge in [-0.05, 0) is 5.56 Å². The average Bonchev–Trinajstić information content (AvgIpc) is 2.41. The molecule has 1 heterocycles. The van der Waals surface area contributed by atoms with Gasteiger partial charge >= 0.3 is 0 Å². The predicted octanol–water partition coefficient (Wildman–Crippen LogP) is 0.498. The van der Waals surface area contributed by atoms with Crippen molar-refractivity contribution >= 4 is 11.5 Å². The number of hydrogen-bond acceptors (Lipinski definition) is 5. The zero-order valence-corrected chi connectivity index (χ0v) is 9.63. The standard InChI is InChI=1S/C12H14N4O2/c13-10-11(14-7-15-12(10)18)16-9(6-17)8-4-2-1-3-5-8/h1-5,7,9,17H,6,13H2,(H2,14,15,16,18). The van der Waals surface area contributed by atoms with Crippen molar-refractivity contribution in [2.45, 2.75) is 6.04 Å². The topological polar surface area (TPSA) is 104 Å². The molecule has 1 atom stereocenters. The van der Waals surface area contributed by atoms with Crippen LogP contribution in [0.5, 0.6) is 0 Å². The van der Waals surface area contributed by atoms with Crippen LogP contribution in [0.3, 0.4) is 0 Å². The molecule has 0 spiro atoms. The van der Waals surface area contributed by atoms with Gasteiger partial charge < -0.3 is 21.1 Å². The van der Waals surface area contributed by atoms with E-state index in [1.165, 1.54) is 6.33 Å². The van der Waals surface area contributed by atoms with E-state index in [1.807, 2.05) is 30.3 Å². The highest BCUT2D eigenvalue weighted by Gasteiger charge is 2.13. The van der Waals surface area contributed by atoms with E-state index in [0.717, 1.165) is 5.56 Å². The Balaban J connectivity index is 2.26. The van der Waals surface area contributed by atoms with E-state index in [1.54, 1.807) is 0 Å². The van der Waals surface area contributed by atoms with Crippen LogP contribution >= 0.6 is 0 Å². The van der Waals surface area contributed by atoms with Crippen molar-refractivity contribution in [2.24, 2.45) is 0 Å². The highest BCUT2D eigenvalue weighted by Crippen LogP contribution is 2.19. The van der Waals surface area contributed by atoms with Gasteiger partial charge in [-0.3, -0.25) is 4.79 Å². The molecule has 18 heavy (non-hydrogen) atoms. The molecule has 0 aliphatic carbocycles. The molecule has 1 unspecified atom stereocenters. The molecule has 1 aromatic carbocycles. The van der Waals surface area contributed by atoms with Crippen LogP contribution in [-0.4, -0.2) is 21.7 Å². The summed E-state index contributed by atoms with van der Waals surface area (Å²) in [6, 6.07) is 9.01. The monoisotopic (exact) mass is 246 g/mol. The number of rotatable bonds is 4. The number of aliphatic hydroxyl groups excluding tert-OH is 1. The van der Waals surface area contributed by atoms with E-state index in [4.69, 9.17) is 5.73 Å². The molecular formula is C12H14N4O2. The third-order valence-corrected chi connectivity index (χ3v) is 2.58. The van der Waals surface area contributed by atoms with Gasteiger partial charge in [0.05, 0.1) is 19.0 Å². The summed E-state index contributed by atoms with van der Waals surface area (Å²) in [5, 5.41) is 12.3.